The number of anilines is 1. The zero-order valence-electron chi connectivity index (χ0n) is 19.7. The van der Waals surface area contributed by atoms with Gasteiger partial charge in [-0.05, 0) is 103 Å². The Hall–Kier alpha value is -1.78. The summed E-state index contributed by atoms with van der Waals surface area (Å²) in [7, 11) is 0. The molecule has 3 aromatic rings. The first kappa shape index (κ1) is 27.3. The van der Waals surface area contributed by atoms with E-state index in [-0.39, 0.29) is 12.5 Å². The molecule has 0 unspecified atom stereocenters. The molecule has 186 valence electrons. The van der Waals surface area contributed by atoms with E-state index in [2.05, 4.69) is 22.6 Å². The molecule has 0 N–H and O–H groups in total. The third-order valence-electron chi connectivity index (χ3n) is 5.56. The Morgan fingerprint density at radius 2 is 1.83 bits per heavy atom. The second-order valence-corrected chi connectivity index (χ2v) is 11.8. The van der Waals surface area contributed by atoms with Crippen LogP contribution < -0.4 is 14.4 Å². The van der Waals surface area contributed by atoms with Gasteiger partial charge >= 0.3 is 0 Å². The highest BCUT2D eigenvalue weighted by Crippen LogP contribution is 2.39. The Morgan fingerprint density at radius 1 is 1.06 bits per heavy atom. The van der Waals surface area contributed by atoms with Gasteiger partial charge in [0.1, 0.15) is 6.61 Å². The van der Waals surface area contributed by atoms with Gasteiger partial charge < -0.3 is 9.47 Å². The normalized spacial score (nSPS) is 14.6. The van der Waals surface area contributed by atoms with Gasteiger partial charge in [-0.15, -0.1) is 0 Å². The van der Waals surface area contributed by atoms with Crippen LogP contribution in [0.2, 0.25) is 10.0 Å². The lowest BCUT2D eigenvalue weighted by atomic mass is 10.1. The van der Waals surface area contributed by atoms with Crippen molar-refractivity contribution in [3.63, 3.8) is 0 Å². The number of nitrogens with zero attached hydrogens (tertiary/aromatic N) is 1. The van der Waals surface area contributed by atoms with Gasteiger partial charge in [0.05, 0.1) is 20.8 Å². The van der Waals surface area contributed by atoms with E-state index in [1.807, 2.05) is 63.2 Å². The molecule has 4 rings (SSSR count). The Morgan fingerprint density at radius 3 is 2.53 bits per heavy atom. The number of ether oxygens (including phenoxy) is 2. The van der Waals surface area contributed by atoms with Crippen LogP contribution in [-0.4, -0.2) is 16.8 Å². The summed E-state index contributed by atoms with van der Waals surface area (Å²) in [4.78, 5) is 15.4. The molecule has 0 bridgehead atoms. The lowest BCUT2D eigenvalue weighted by Crippen LogP contribution is -2.27. The van der Waals surface area contributed by atoms with E-state index in [1.165, 1.54) is 17.3 Å². The number of hydrogen-bond acceptors (Lipinski definition) is 5. The van der Waals surface area contributed by atoms with Crippen LogP contribution in [0.3, 0.4) is 0 Å². The van der Waals surface area contributed by atoms with Crippen molar-refractivity contribution in [1.29, 1.82) is 0 Å². The zero-order chi connectivity index (χ0) is 26.0. The molecule has 0 saturated carbocycles. The van der Waals surface area contributed by atoms with Gasteiger partial charge in [0.15, 0.2) is 15.8 Å². The molecule has 0 aliphatic carbocycles. The molecular weight excluding hydrogens is 648 g/mol. The van der Waals surface area contributed by atoms with Gasteiger partial charge in [-0.2, -0.15) is 0 Å². The minimum absolute atomic E-state index is 0.140. The second-order valence-electron chi connectivity index (χ2n) is 8.07. The van der Waals surface area contributed by atoms with Gasteiger partial charge in [0.2, 0.25) is 0 Å². The highest BCUT2D eigenvalue weighted by molar-refractivity contribution is 14.1. The van der Waals surface area contributed by atoms with Crippen molar-refractivity contribution in [2.75, 3.05) is 11.5 Å². The first-order chi connectivity index (χ1) is 17.2. The van der Waals surface area contributed by atoms with E-state index in [9.17, 15) is 4.79 Å². The van der Waals surface area contributed by atoms with Crippen molar-refractivity contribution in [3.8, 4) is 11.5 Å². The lowest BCUT2D eigenvalue weighted by Gasteiger charge is -2.16. The van der Waals surface area contributed by atoms with Crippen LogP contribution >= 0.6 is 69.8 Å². The minimum atomic E-state index is -0.140. The zero-order valence-corrected chi connectivity index (χ0v) is 25.0. The fourth-order valence-corrected chi connectivity index (χ4v) is 6.11. The van der Waals surface area contributed by atoms with Crippen LogP contribution in [0.4, 0.5) is 5.69 Å². The summed E-state index contributed by atoms with van der Waals surface area (Å²) in [6.07, 6.45) is 1.84. The van der Waals surface area contributed by atoms with Crippen molar-refractivity contribution in [1.82, 2.24) is 0 Å². The van der Waals surface area contributed by atoms with E-state index in [1.54, 1.807) is 17.0 Å². The molecule has 1 aliphatic heterocycles. The largest absolute Gasteiger partial charge is 0.490 e. The molecule has 0 atom stereocenters. The van der Waals surface area contributed by atoms with Crippen LogP contribution in [0.1, 0.15) is 29.2 Å². The molecule has 0 spiro atoms. The number of thiocarbonyl (C=S) groups is 1. The maximum atomic E-state index is 13.3. The van der Waals surface area contributed by atoms with Crippen molar-refractivity contribution >= 4 is 91.8 Å². The molecule has 1 heterocycles. The Kier molecular flexibility index (Phi) is 8.88. The van der Waals surface area contributed by atoms with Gasteiger partial charge in [-0.1, -0.05) is 59.3 Å². The fourth-order valence-electron chi connectivity index (χ4n) is 3.57. The summed E-state index contributed by atoms with van der Waals surface area (Å²) in [5.74, 6) is 1.06. The van der Waals surface area contributed by atoms with E-state index < -0.39 is 0 Å². The van der Waals surface area contributed by atoms with Crippen molar-refractivity contribution in [3.05, 3.63) is 89.3 Å². The average Bonchev–Trinajstić information content (AvgIpc) is 3.09. The van der Waals surface area contributed by atoms with Gasteiger partial charge in [0, 0.05) is 15.6 Å². The van der Waals surface area contributed by atoms with Gasteiger partial charge in [-0.3, -0.25) is 9.69 Å². The van der Waals surface area contributed by atoms with Crippen molar-refractivity contribution < 1.29 is 14.3 Å². The molecule has 9 heteroatoms. The van der Waals surface area contributed by atoms with Crippen LogP contribution in [0.5, 0.6) is 11.5 Å². The topological polar surface area (TPSA) is 38.8 Å². The van der Waals surface area contributed by atoms with E-state index in [0.717, 1.165) is 25.9 Å². The molecule has 4 nitrogen and oxygen atoms in total. The van der Waals surface area contributed by atoms with Gasteiger partial charge in [0.25, 0.3) is 5.91 Å². The predicted octanol–water partition coefficient (Wildman–Crippen LogP) is 8.60. The number of rotatable bonds is 7. The summed E-state index contributed by atoms with van der Waals surface area (Å²) in [6, 6.07) is 15.0. The molecule has 0 radical (unpaired) electrons. The Labute approximate surface area is 244 Å². The molecule has 3 aromatic carbocycles. The third-order valence-corrected chi connectivity index (χ3v) is 8.25. The van der Waals surface area contributed by atoms with Crippen LogP contribution in [0.15, 0.2) is 53.4 Å². The second kappa shape index (κ2) is 11.7. The summed E-state index contributed by atoms with van der Waals surface area (Å²) in [5, 5.41) is 1.11. The molecule has 36 heavy (non-hydrogen) atoms. The molecule has 0 aromatic heterocycles. The Bertz CT molecular complexity index is 1390. The molecule has 1 saturated heterocycles. The lowest BCUT2D eigenvalue weighted by molar-refractivity contribution is -0.113. The first-order valence-electron chi connectivity index (χ1n) is 11.1. The minimum Gasteiger partial charge on any atom is -0.490 e. The SMILES string of the molecule is CCOc1cc(C=C2SC(=S)N(c3ccc(C)c(C)c3)C2=O)cc(I)c1OCc1ccc(Cl)cc1Cl. The Balaban J connectivity index is 1.61. The molecular formula is C27H22Cl2INO3S2. The van der Waals surface area contributed by atoms with E-state index in [0.29, 0.717) is 37.4 Å². The third kappa shape index (κ3) is 6.02. The van der Waals surface area contributed by atoms with E-state index >= 15 is 0 Å². The van der Waals surface area contributed by atoms with Crippen LogP contribution in [-0.2, 0) is 11.4 Å². The molecule has 1 aliphatic rings. The predicted molar refractivity (Wildman–Crippen MR) is 163 cm³/mol. The average molecular weight is 670 g/mol. The maximum absolute atomic E-state index is 13.3. The van der Waals surface area contributed by atoms with Gasteiger partial charge in [-0.25, -0.2) is 0 Å². The number of halogens is 3. The number of amides is 1. The number of thioether (sulfide) groups is 1. The summed E-state index contributed by atoms with van der Waals surface area (Å²) in [5.41, 5.74) is 4.69. The van der Waals surface area contributed by atoms with Crippen molar-refractivity contribution in [2.24, 2.45) is 0 Å². The molecule has 1 fully saturated rings. The number of hydrogen-bond donors (Lipinski definition) is 0. The summed E-state index contributed by atoms with van der Waals surface area (Å²) < 4.78 is 13.3. The van der Waals surface area contributed by atoms with Crippen molar-refractivity contribution in [2.45, 2.75) is 27.4 Å². The summed E-state index contributed by atoms with van der Waals surface area (Å²) >= 11 is 21.3. The summed E-state index contributed by atoms with van der Waals surface area (Å²) in [6.45, 7) is 6.70. The van der Waals surface area contributed by atoms with E-state index in [4.69, 9.17) is 44.9 Å². The highest BCUT2D eigenvalue weighted by Gasteiger charge is 2.33. The monoisotopic (exact) mass is 669 g/mol. The van der Waals surface area contributed by atoms with Crippen LogP contribution in [0, 0.1) is 17.4 Å². The number of aryl methyl sites for hydroxylation is 2. The van der Waals surface area contributed by atoms with Crippen LogP contribution in [0.25, 0.3) is 6.08 Å². The number of carbonyl (C=O) groups excluding carboxylic acids is 1. The number of benzene rings is 3. The quantitative estimate of drug-likeness (QED) is 0.143. The highest BCUT2D eigenvalue weighted by atomic mass is 127. The molecule has 1 amide bonds. The standard InChI is InChI=1S/C27H22Cl2INO3S2/c1-4-33-23-11-17(10-22(30)25(23)34-14-18-6-7-19(28)13-21(18)29)12-24-26(32)31(27(35)36-24)20-8-5-15(2)16(3)9-20/h5-13H,4,14H2,1-3H3. The maximum Gasteiger partial charge on any atom is 0.270 e. The fraction of sp³-hybridized carbons (Fsp3) is 0.185. The smallest absolute Gasteiger partial charge is 0.270 e. The number of carbonyl (C=O) groups is 1. The first-order valence-corrected chi connectivity index (χ1v) is 14.1.